The molecule has 78 valence electrons. The Morgan fingerprint density at radius 3 is 2.57 bits per heavy atom. The molecule has 0 heterocycles. The van der Waals surface area contributed by atoms with Gasteiger partial charge in [0.15, 0.2) is 0 Å². The van der Waals surface area contributed by atoms with Gasteiger partial charge in [-0.2, -0.15) is 0 Å². The average molecular weight is 260 g/mol. The Morgan fingerprint density at radius 1 is 1.50 bits per heavy atom. The Morgan fingerprint density at radius 2 is 2.07 bits per heavy atom. The SMILES string of the molecule is Cc1cc(C(O)CN)c(C)c(Br)c1O. The van der Waals surface area contributed by atoms with Gasteiger partial charge in [-0.1, -0.05) is 0 Å². The highest BCUT2D eigenvalue weighted by Crippen LogP contribution is 2.35. The lowest BCUT2D eigenvalue weighted by atomic mass is 10.00. The summed E-state index contributed by atoms with van der Waals surface area (Å²) in [5, 5.41) is 19.2. The van der Waals surface area contributed by atoms with Gasteiger partial charge >= 0.3 is 0 Å². The van der Waals surface area contributed by atoms with Gasteiger partial charge in [0.2, 0.25) is 0 Å². The Labute approximate surface area is 91.7 Å². The summed E-state index contributed by atoms with van der Waals surface area (Å²) in [5.74, 6) is 0.218. The van der Waals surface area contributed by atoms with Crippen molar-refractivity contribution < 1.29 is 10.2 Å². The number of aromatic hydroxyl groups is 1. The summed E-state index contributed by atoms with van der Waals surface area (Å²) in [6.45, 7) is 3.79. The highest BCUT2D eigenvalue weighted by molar-refractivity contribution is 9.10. The Kier molecular flexibility index (Phi) is 3.53. The van der Waals surface area contributed by atoms with Crippen LogP contribution in [0.5, 0.6) is 5.75 Å². The largest absolute Gasteiger partial charge is 0.506 e. The smallest absolute Gasteiger partial charge is 0.132 e. The fraction of sp³-hybridized carbons (Fsp3) is 0.400. The van der Waals surface area contributed by atoms with Crippen LogP contribution in [0.25, 0.3) is 0 Å². The van der Waals surface area contributed by atoms with Gasteiger partial charge in [0.05, 0.1) is 10.6 Å². The maximum Gasteiger partial charge on any atom is 0.132 e. The first-order valence-electron chi connectivity index (χ1n) is 4.35. The molecule has 0 aliphatic rings. The molecule has 1 aromatic carbocycles. The van der Waals surface area contributed by atoms with Crippen LogP contribution in [-0.2, 0) is 0 Å². The summed E-state index contributed by atoms with van der Waals surface area (Å²) in [6.07, 6.45) is -0.675. The Balaban J connectivity index is 3.33. The molecule has 1 rings (SSSR count). The van der Waals surface area contributed by atoms with E-state index in [0.29, 0.717) is 4.47 Å². The van der Waals surface area contributed by atoms with Gasteiger partial charge < -0.3 is 15.9 Å². The minimum Gasteiger partial charge on any atom is -0.506 e. The summed E-state index contributed by atoms with van der Waals surface area (Å²) in [4.78, 5) is 0. The molecule has 1 atom stereocenters. The quantitative estimate of drug-likeness (QED) is 0.759. The molecule has 4 heteroatoms. The third kappa shape index (κ3) is 1.92. The zero-order valence-electron chi connectivity index (χ0n) is 8.21. The number of hydrogen-bond donors (Lipinski definition) is 3. The maximum absolute atomic E-state index is 9.62. The molecule has 0 saturated carbocycles. The van der Waals surface area contributed by atoms with Crippen molar-refractivity contribution in [2.24, 2.45) is 5.73 Å². The second kappa shape index (κ2) is 4.29. The first-order chi connectivity index (χ1) is 6.49. The van der Waals surface area contributed by atoms with Crippen LogP contribution in [0.1, 0.15) is 22.8 Å². The second-order valence-corrected chi connectivity index (χ2v) is 4.11. The van der Waals surface area contributed by atoms with E-state index in [0.717, 1.165) is 16.7 Å². The van der Waals surface area contributed by atoms with E-state index in [1.807, 2.05) is 6.92 Å². The number of benzene rings is 1. The molecular weight excluding hydrogens is 246 g/mol. The number of nitrogens with two attached hydrogens (primary N) is 1. The molecule has 0 bridgehead atoms. The Bertz CT molecular complexity index is 352. The lowest BCUT2D eigenvalue weighted by Gasteiger charge is -2.15. The predicted molar refractivity (Wildman–Crippen MR) is 59.3 cm³/mol. The number of aryl methyl sites for hydroxylation is 1. The van der Waals surface area contributed by atoms with E-state index in [1.165, 1.54) is 0 Å². The van der Waals surface area contributed by atoms with Crippen molar-refractivity contribution in [3.63, 3.8) is 0 Å². The fourth-order valence-electron chi connectivity index (χ4n) is 1.36. The number of rotatable bonds is 2. The molecule has 0 aliphatic carbocycles. The van der Waals surface area contributed by atoms with Crippen LogP contribution in [0.2, 0.25) is 0 Å². The van der Waals surface area contributed by atoms with Crippen LogP contribution in [0, 0.1) is 13.8 Å². The van der Waals surface area contributed by atoms with Crippen LogP contribution in [-0.4, -0.2) is 16.8 Å². The lowest BCUT2D eigenvalue weighted by molar-refractivity contribution is 0.185. The molecule has 3 nitrogen and oxygen atoms in total. The second-order valence-electron chi connectivity index (χ2n) is 3.32. The van der Waals surface area contributed by atoms with Gasteiger partial charge in [-0.05, 0) is 52.5 Å². The zero-order valence-corrected chi connectivity index (χ0v) is 9.80. The van der Waals surface area contributed by atoms with Crippen molar-refractivity contribution in [2.75, 3.05) is 6.54 Å². The van der Waals surface area contributed by atoms with E-state index in [-0.39, 0.29) is 12.3 Å². The van der Waals surface area contributed by atoms with Crippen LogP contribution in [0.15, 0.2) is 10.5 Å². The van der Waals surface area contributed by atoms with Crippen molar-refractivity contribution in [3.8, 4) is 5.75 Å². The number of hydrogen-bond acceptors (Lipinski definition) is 3. The van der Waals surface area contributed by atoms with E-state index >= 15 is 0 Å². The molecule has 1 aromatic rings. The van der Waals surface area contributed by atoms with E-state index < -0.39 is 6.10 Å². The van der Waals surface area contributed by atoms with Gasteiger partial charge in [-0.15, -0.1) is 0 Å². The van der Waals surface area contributed by atoms with E-state index in [1.54, 1.807) is 13.0 Å². The van der Waals surface area contributed by atoms with Gasteiger partial charge in [0.1, 0.15) is 5.75 Å². The standard InChI is InChI=1S/C10H14BrNO2/c1-5-3-7(8(13)4-12)6(2)9(11)10(5)14/h3,8,13-14H,4,12H2,1-2H3. The molecule has 0 fully saturated rings. The van der Waals surface area contributed by atoms with E-state index in [4.69, 9.17) is 5.73 Å². The number of aliphatic hydroxyl groups excluding tert-OH is 1. The van der Waals surface area contributed by atoms with Gasteiger partial charge in [-0.25, -0.2) is 0 Å². The van der Waals surface area contributed by atoms with Crippen LogP contribution < -0.4 is 5.73 Å². The molecule has 1 unspecified atom stereocenters. The third-order valence-corrected chi connectivity index (χ3v) is 3.27. The number of halogens is 1. The topological polar surface area (TPSA) is 66.5 Å². The molecule has 0 saturated heterocycles. The zero-order chi connectivity index (χ0) is 10.9. The molecule has 0 aliphatic heterocycles. The molecular formula is C10H14BrNO2. The van der Waals surface area contributed by atoms with Crippen LogP contribution >= 0.6 is 15.9 Å². The van der Waals surface area contributed by atoms with Gasteiger partial charge in [-0.3, -0.25) is 0 Å². The van der Waals surface area contributed by atoms with Crippen molar-refractivity contribution in [2.45, 2.75) is 20.0 Å². The lowest BCUT2D eigenvalue weighted by Crippen LogP contribution is -2.13. The molecule has 0 aromatic heterocycles. The Hall–Kier alpha value is -0.580. The highest BCUT2D eigenvalue weighted by Gasteiger charge is 2.15. The van der Waals surface area contributed by atoms with Crippen LogP contribution in [0.4, 0.5) is 0 Å². The summed E-state index contributed by atoms with van der Waals surface area (Å²) in [6, 6.07) is 1.76. The molecule has 14 heavy (non-hydrogen) atoms. The van der Waals surface area contributed by atoms with Crippen molar-refractivity contribution >= 4 is 15.9 Å². The highest BCUT2D eigenvalue weighted by atomic mass is 79.9. The van der Waals surface area contributed by atoms with Crippen molar-refractivity contribution in [3.05, 3.63) is 27.2 Å². The molecule has 0 radical (unpaired) electrons. The summed E-state index contributed by atoms with van der Waals surface area (Å²) >= 11 is 3.28. The monoisotopic (exact) mass is 259 g/mol. The first kappa shape index (κ1) is 11.5. The summed E-state index contributed by atoms with van der Waals surface area (Å²) in [7, 11) is 0. The average Bonchev–Trinajstić information content (AvgIpc) is 2.19. The van der Waals surface area contributed by atoms with Crippen molar-refractivity contribution in [1.82, 2.24) is 0 Å². The van der Waals surface area contributed by atoms with E-state index in [2.05, 4.69) is 15.9 Å². The van der Waals surface area contributed by atoms with Gasteiger partial charge in [0, 0.05) is 6.54 Å². The first-order valence-corrected chi connectivity index (χ1v) is 5.15. The third-order valence-electron chi connectivity index (χ3n) is 2.30. The summed E-state index contributed by atoms with van der Waals surface area (Å²) in [5.41, 5.74) is 7.69. The maximum atomic E-state index is 9.62. The normalized spacial score (nSPS) is 12.9. The van der Waals surface area contributed by atoms with Gasteiger partial charge in [0.25, 0.3) is 0 Å². The molecule has 0 amide bonds. The van der Waals surface area contributed by atoms with E-state index in [9.17, 15) is 10.2 Å². The van der Waals surface area contributed by atoms with Crippen molar-refractivity contribution in [1.29, 1.82) is 0 Å². The number of phenols is 1. The molecule has 4 N–H and O–H groups in total. The minimum absolute atomic E-state index is 0.178. The minimum atomic E-state index is -0.675. The van der Waals surface area contributed by atoms with Crippen LogP contribution in [0.3, 0.4) is 0 Å². The molecule has 0 spiro atoms. The predicted octanol–water partition coefficient (Wildman–Crippen LogP) is 1.76. The number of phenolic OH excluding ortho intramolecular Hbond substituents is 1. The summed E-state index contributed by atoms with van der Waals surface area (Å²) < 4.78 is 0.625. The fourth-order valence-corrected chi connectivity index (χ4v) is 1.90. The number of aliphatic hydroxyl groups is 1.